The van der Waals surface area contributed by atoms with E-state index in [2.05, 4.69) is 12.0 Å². The lowest BCUT2D eigenvalue weighted by Gasteiger charge is -1.97. The number of benzene rings is 1. The van der Waals surface area contributed by atoms with E-state index in [1.807, 2.05) is 19.1 Å². The summed E-state index contributed by atoms with van der Waals surface area (Å²) in [5, 5.41) is 8.68. The van der Waals surface area contributed by atoms with Crippen LogP contribution in [0.5, 0.6) is 0 Å². The third-order valence-corrected chi connectivity index (χ3v) is 1.54. The first-order valence-corrected chi connectivity index (χ1v) is 3.26. The first kappa shape index (κ1) is 7.38. The van der Waals surface area contributed by atoms with Crippen molar-refractivity contribution in [2.45, 2.75) is 6.92 Å². The van der Waals surface area contributed by atoms with Gasteiger partial charge in [0, 0.05) is 5.56 Å². The monoisotopic (exact) mass is 141 g/mol. The molecule has 0 unspecified atom stereocenters. The summed E-state index contributed by atoms with van der Waals surface area (Å²) in [6.07, 6.45) is 5.19. The number of hydrogen-bond donors (Lipinski definition) is 0. The lowest BCUT2D eigenvalue weighted by molar-refractivity contribution is 1.38. The van der Waals surface area contributed by atoms with E-state index in [0.29, 0.717) is 11.1 Å². The van der Waals surface area contributed by atoms with Gasteiger partial charge in [-0.25, -0.2) is 0 Å². The van der Waals surface area contributed by atoms with Crippen molar-refractivity contribution in [2.75, 3.05) is 0 Å². The van der Waals surface area contributed by atoms with Gasteiger partial charge in [-0.1, -0.05) is 18.1 Å². The minimum absolute atomic E-state index is 0.606. The summed E-state index contributed by atoms with van der Waals surface area (Å²) in [7, 11) is 0. The van der Waals surface area contributed by atoms with Gasteiger partial charge in [-0.15, -0.1) is 6.42 Å². The van der Waals surface area contributed by atoms with Crippen LogP contribution in [0.1, 0.15) is 16.7 Å². The molecule has 0 saturated carbocycles. The van der Waals surface area contributed by atoms with Crippen molar-refractivity contribution in [3.63, 3.8) is 0 Å². The molecule has 1 nitrogen and oxygen atoms in total. The van der Waals surface area contributed by atoms with Crippen LogP contribution in [0.4, 0.5) is 0 Å². The Kier molecular flexibility index (Phi) is 1.95. The predicted molar refractivity (Wildman–Crippen MR) is 43.8 cm³/mol. The van der Waals surface area contributed by atoms with E-state index in [0.717, 1.165) is 5.56 Å². The van der Waals surface area contributed by atoms with Crippen LogP contribution in [0.25, 0.3) is 0 Å². The lowest BCUT2D eigenvalue weighted by Crippen LogP contribution is -1.86. The van der Waals surface area contributed by atoms with Crippen molar-refractivity contribution in [3.05, 3.63) is 34.9 Å². The number of nitrogens with zero attached hydrogens (tertiary/aromatic N) is 1. The first-order valence-electron chi connectivity index (χ1n) is 3.26. The zero-order valence-electron chi connectivity index (χ0n) is 6.26. The fourth-order valence-corrected chi connectivity index (χ4v) is 0.936. The van der Waals surface area contributed by atoms with Gasteiger partial charge in [0.2, 0.25) is 0 Å². The summed E-state index contributed by atoms with van der Waals surface area (Å²) in [5.74, 6) is 2.46. The zero-order valence-corrected chi connectivity index (χ0v) is 6.26. The van der Waals surface area contributed by atoms with Crippen LogP contribution in [0.15, 0.2) is 18.2 Å². The van der Waals surface area contributed by atoms with Gasteiger partial charge in [-0.05, 0) is 18.6 Å². The highest BCUT2D eigenvalue weighted by molar-refractivity contribution is 5.50. The number of nitriles is 1. The molecule has 0 amide bonds. The van der Waals surface area contributed by atoms with E-state index in [1.165, 1.54) is 0 Å². The Balaban J connectivity index is 3.42. The summed E-state index contributed by atoms with van der Waals surface area (Å²) < 4.78 is 0. The maximum atomic E-state index is 8.68. The fraction of sp³-hybridized carbons (Fsp3) is 0.100. The maximum absolute atomic E-state index is 8.68. The van der Waals surface area contributed by atoms with Gasteiger partial charge in [0.05, 0.1) is 5.56 Å². The Labute approximate surface area is 66.3 Å². The standard InChI is InChI=1S/C10H7N/c1-3-9-6-4-5-8(2)10(9)7-11/h1,4-6H,2H3. The molecule has 0 aliphatic heterocycles. The molecule has 0 radical (unpaired) electrons. The van der Waals surface area contributed by atoms with Crippen molar-refractivity contribution < 1.29 is 0 Å². The molecule has 0 fully saturated rings. The second-order valence-electron chi connectivity index (χ2n) is 2.25. The molecule has 1 aromatic rings. The summed E-state index contributed by atoms with van der Waals surface area (Å²) in [6, 6.07) is 7.57. The average Bonchev–Trinajstić information content (AvgIpc) is 2.04. The molecule has 0 saturated heterocycles. The smallest absolute Gasteiger partial charge is 0.101 e. The van der Waals surface area contributed by atoms with Gasteiger partial charge in [0.1, 0.15) is 6.07 Å². The van der Waals surface area contributed by atoms with E-state index >= 15 is 0 Å². The largest absolute Gasteiger partial charge is 0.192 e. The van der Waals surface area contributed by atoms with E-state index in [1.54, 1.807) is 6.07 Å². The van der Waals surface area contributed by atoms with Crippen LogP contribution in [-0.2, 0) is 0 Å². The van der Waals surface area contributed by atoms with Gasteiger partial charge in [0.25, 0.3) is 0 Å². The molecule has 0 spiro atoms. The first-order chi connectivity index (χ1) is 5.29. The Morgan fingerprint density at radius 2 is 2.18 bits per heavy atom. The minimum atomic E-state index is 0.606. The summed E-state index contributed by atoms with van der Waals surface area (Å²) in [4.78, 5) is 0. The predicted octanol–water partition coefficient (Wildman–Crippen LogP) is 1.85. The second kappa shape index (κ2) is 2.90. The Morgan fingerprint density at radius 3 is 2.64 bits per heavy atom. The number of aryl methyl sites for hydroxylation is 1. The SMILES string of the molecule is C#Cc1cccc(C)c1C#N. The molecule has 0 aliphatic rings. The van der Waals surface area contributed by atoms with Crippen LogP contribution < -0.4 is 0 Å². The third kappa shape index (κ3) is 1.23. The Hall–Kier alpha value is -1.73. The van der Waals surface area contributed by atoms with Crippen LogP contribution >= 0.6 is 0 Å². The van der Waals surface area contributed by atoms with E-state index in [-0.39, 0.29) is 0 Å². The van der Waals surface area contributed by atoms with Gasteiger partial charge < -0.3 is 0 Å². The molecule has 0 N–H and O–H groups in total. The minimum Gasteiger partial charge on any atom is -0.192 e. The van der Waals surface area contributed by atoms with Crippen LogP contribution in [0, 0.1) is 30.6 Å². The molecule has 52 valence electrons. The summed E-state index contributed by atoms with van der Waals surface area (Å²) in [5.41, 5.74) is 2.21. The second-order valence-corrected chi connectivity index (χ2v) is 2.25. The van der Waals surface area contributed by atoms with Crippen molar-refractivity contribution in [3.8, 4) is 18.4 Å². The lowest BCUT2D eigenvalue weighted by atomic mass is 10.0. The molecule has 0 bridgehead atoms. The molecule has 0 aliphatic carbocycles. The number of hydrogen-bond acceptors (Lipinski definition) is 1. The normalized spacial score (nSPS) is 8.27. The molecular formula is C10H7N. The molecule has 1 aromatic carbocycles. The van der Waals surface area contributed by atoms with Gasteiger partial charge in [-0.2, -0.15) is 5.26 Å². The number of rotatable bonds is 0. The summed E-state index contributed by atoms with van der Waals surface area (Å²) >= 11 is 0. The maximum Gasteiger partial charge on any atom is 0.101 e. The Morgan fingerprint density at radius 1 is 1.45 bits per heavy atom. The molecule has 0 aromatic heterocycles. The van der Waals surface area contributed by atoms with Crippen LogP contribution in [0.3, 0.4) is 0 Å². The van der Waals surface area contributed by atoms with Gasteiger partial charge in [-0.3, -0.25) is 0 Å². The van der Waals surface area contributed by atoms with Crippen LogP contribution in [0.2, 0.25) is 0 Å². The molecule has 1 rings (SSSR count). The van der Waals surface area contributed by atoms with Gasteiger partial charge in [0.15, 0.2) is 0 Å². The molecule has 1 heteroatoms. The van der Waals surface area contributed by atoms with Crippen molar-refractivity contribution >= 4 is 0 Å². The van der Waals surface area contributed by atoms with Crippen LogP contribution in [-0.4, -0.2) is 0 Å². The molecule has 0 heterocycles. The van der Waals surface area contributed by atoms with Crippen molar-refractivity contribution in [1.29, 1.82) is 5.26 Å². The molecule has 0 atom stereocenters. The fourth-order valence-electron chi connectivity index (χ4n) is 0.936. The molecular weight excluding hydrogens is 134 g/mol. The number of terminal acetylenes is 1. The highest BCUT2D eigenvalue weighted by Crippen LogP contribution is 2.10. The van der Waals surface area contributed by atoms with E-state index in [9.17, 15) is 0 Å². The highest BCUT2D eigenvalue weighted by Gasteiger charge is 2.00. The van der Waals surface area contributed by atoms with E-state index < -0.39 is 0 Å². The third-order valence-electron chi connectivity index (χ3n) is 1.54. The Bertz CT molecular complexity index is 350. The summed E-state index contributed by atoms with van der Waals surface area (Å²) in [6.45, 7) is 1.87. The highest BCUT2D eigenvalue weighted by atomic mass is 14.2. The van der Waals surface area contributed by atoms with Crippen molar-refractivity contribution in [1.82, 2.24) is 0 Å². The molecule has 11 heavy (non-hydrogen) atoms. The average molecular weight is 141 g/mol. The van der Waals surface area contributed by atoms with Crippen molar-refractivity contribution in [2.24, 2.45) is 0 Å². The topological polar surface area (TPSA) is 23.8 Å². The van der Waals surface area contributed by atoms with Gasteiger partial charge >= 0.3 is 0 Å². The zero-order chi connectivity index (χ0) is 8.27. The van der Waals surface area contributed by atoms with E-state index in [4.69, 9.17) is 11.7 Å². The quantitative estimate of drug-likeness (QED) is 0.506.